The van der Waals surface area contributed by atoms with Crippen molar-refractivity contribution in [1.29, 1.82) is 0 Å². The molecule has 1 heterocycles. The molecule has 0 unspecified atom stereocenters. The Morgan fingerprint density at radius 3 is 2.50 bits per heavy atom. The highest BCUT2D eigenvalue weighted by Crippen LogP contribution is 2.36. The standard InChI is InChI=1S/C12H16BrNO4/c1-12(5-15,6-16)14-4-8-2-10-11(3-9(8)13)18-7-17-10/h2-3,14-16H,4-7H2,1H3. The van der Waals surface area contributed by atoms with Gasteiger partial charge in [-0.1, -0.05) is 15.9 Å². The second-order valence-corrected chi connectivity index (χ2v) is 5.38. The van der Waals surface area contributed by atoms with Gasteiger partial charge in [-0.2, -0.15) is 0 Å². The molecule has 1 aliphatic rings. The molecule has 6 heteroatoms. The van der Waals surface area contributed by atoms with Crippen LogP contribution in [0, 0.1) is 0 Å². The van der Waals surface area contributed by atoms with E-state index in [2.05, 4.69) is 21.2 Å². The molecule has 100 valence electrons. The van der Waals surface area contributed by atoms with Crippen LogP contribution >= 0.6 is 15.9 Å². The first kappa shape index (κ1) is 13.6. The zero-order chi connectivity index (χ0) is 13.2. The maximum atomic E-state index is 9.21. The van der Waals surface area contributed by atoms with Crippen LogP contribution in [-0.2, 0) is 6.54 Å². The zero-order valence-corrected chi connectivity index (χ0v) is 11.7. The lowest BCUT2D eigenvalue weighted by molar-refractivity contribution is 0.103. The Bertz CT molecular complexity index is 434. The highest BCUT2D eigenvalue weighted by molar-refractivity contribution is 9.10. The van der Waals surface area contributed by atoms with Gasteiger partial charge < -0.3 is 25.0 Å². The van der Waals surface area contributed by atoms with Crippen LogP contribution in [0.15, 0.2) is 16.6 Å². The minimum absolute atomic E-state index is 0.133. The van der Waals surface area contributed by atoms with E-state index in [0.717, 1.165) is 15.8 Å². The number of aliphatic hydroxyl groups excluding tert-OH is 2. The van der Waals surface area contributed by atoms with E-state index in [1.54, 1.807) is 6.92 Å². The Morgan fingerprint density at radius 2 is 1.89 bits per heavy atom. The number of nitrogens with one attached hydrogen (secondary N) is 1. The Balaban J connectivity index is 2.10. The molecule has 1 aromatic carbocycles. The van der Waals surface area contributed by atoms with E-state index in [1.807, 2.05) is 12.1 Å². The summed E-state index contributed by atoms with van der Waals surface area (Å²) in [6, 6.07) is 3.74. The summed E-state index contributed by atoms with van der Waals surface area (Å²) >= 11 is 3.46. The number of ether oxygens (including phenoxy) is 2. The average Bonchev–Trinajstić information content (AvgIpc) is 2.82. The topological polar surface area (TPSA) is 71.0 Å². The van der Waals surface area contributed by atoms with E-state index in [-0.39, 0.29) is 20.0 Å². The van der Waals surface area contributed by atoms with E-state index < -0.39 is 5.54 Å². The summed E-state index contributed by atoms with van der Waals surface area (Å²) in [6.07, 6.45) is 0. The van der Waals surface area contributed by atoms with Crippen molar-refractivity contribution in [2.45, 2.75) is 19.0 Å². The summed E-state index contributed by atoms with van der Waals surface area (Å²) in [5.74, 6) is 1.43. The molecule has 0 bridgehead atoms. The molecule has 5 nitrogen and oxygen atoms in total. The van der Waals surface area contributed by atoms with Crippen molar-refractivity contribution in [2.24, 2.45) is 0 Å². The summed E-state index contributed by atoms with van der Waals surface area (Å²) < 4.78 is 11.5. The van der Waals surface area contributed by atoms with Gasteiger partial charge in [0, 0.05) is 11.0 Å². The van der Waals surface area contributed by atoms with Crippen molar-refractivity contribution in [1.82, 2.24) is 5.32 Å². The van der Waals surface area contributed by atoms with Gasteiger partial charge in [0.2, 0.25) is 6.79 Å². The Kier molecular flexibility index (Phi) is 4.11. The van der Waals surface area contributed by atoms with Gasteiger partial charge in [-0.05, 0) is 24.6 Å². The highest BCUT2D eigenvalue weighted by atomic mass is 79.9. The van der Waals surface area contributed by atoms with E-state index in [0.29, 0.717) is 12.3 Å². The molecule has 3 N–H and O–H groups in total. The van der Waals surface area contributed by atoms with Gasteiger partial charge in [-0.25, -0.2) is 0 Å². The third-order valence-corrected chi connectivity index (χ3v) is 3.68. The number of hydrogen-bond acceptors (Lipinski definition) is 5. The molecule has 0 saturated heterocycles. The molecule has 0 amide bonds. The summed E-state index contributed by atoms with van der Waals surface area (Å²) in [6.45, 7) is 2.24. The number of aliphatic hydroxyl groups is 2. The lowest BCUT2D eigenvalue weighted by Crippen LogP contribution is -2.48. The molecule has 0 radical (unpaired) electrons. The van der Waals surface area contributed by atoms with Crippen LogP contribution in [-0.4, -0.2) is 35.8 Å². The molecule has 0 atom stereocenters. The second kappa shape index (κ2) is 5.44. The summed E-state index contributed by atoms with van der Waals surface area (Å²) in [5.41, 5.74) is 0.280. The molecule has 18 heavy (non-hydrogen) atoms. The van der Waals surface area contributed by atoms with Crippen molar-refractivity contribution >= 4 is 15.9 Å². The third kappa shape index (κ3) is 2.77. The minimum Gasteiger partial charge on any atom is -0.454 e. The normalized spacial score (nSPS) is 14.0. The lowest BCUT2D eigenvalue weighted by atomic mass is 10.0. The van der Waals surface area contributed by atoms with Crippen molar-refractivity contribution in [3.63, 3.8) is 0 Å². The van der Waals surface area contributed by atoms with Crippen LogP contribution < -0.4 is 14.8 Å². The first-order valence-corrected chi connectivity index (χ1v) is 6.42. The third-order valence-electron chi connectivity index (χ3n) is 2.95. The van der Waals surface area contributed by atoms with Crippen LogP contribution in [0.5, 0.6) is 11.5 Å². The van der Waals surface area contributed by atoms with Crippen LogP contribution in [0.4, 0.5) is 0 Å². The number of benzene rings is 1. The van der Waals surface area contributed by atoms with E-state index in [4.69, 9.17) is 9.47 Å². The minimum atomic E-state index is -0.699. The number of hydrogen-bond donors (Lipinski definition) is 3. The molecule has 1 aliphatic heterocycles. The molecule has 0 aliphatic carbocycles. The Morgan fingerprint density at radius 1 is 1.28 bits per heavy atom. The van der Waals surface area contributed by atoms with Crippen molar-refractivity contribution < 1.29 is 19.7 Å². The van der Waals surface area contributed by atoms with Crippen molar-refractivity contribution in [3.8, 4) is 11.5 Å². The second-order valence-electron chi connectivity index (χ2n) is 4.53. The van der Waals surface area contributed by atoms with E-state index >= 15 is 0 Å². The van der Waals surface area contributed by atoms with E-state index in [9.17, 15) is 10.2 Å². The first-order valence-electron chi connectivity index (χ1n) is 5.63. The monoisotopic (exact) mass is 317 g/mol. The predicted octanol–water partition coefficient (Wildman–Crippen LogP) is 1.01. The van der Waals surface area contributed by atoms with Crippen LogP contribution in [0.1, 0.15) is 12.5 Å². The maximum absolute atomic E-state index is 9.21. The maximum Gasteiger partial charge on any atom is 0.231 e. The molecule has 0 saturated carbocycles. The molecular weight excluding hydrogens is 302 g/mol. The largest absolute Gasteiger partial charge is 0.454 e. The number of fused-ring (bicyclic) bond motifs is 1. The Labute approximate surface area is 114 Å². The molecule has 1 aromatic rings. The van der Waals surface area contributed by atoms with Gasteiger partial charge >= 0.3 is 0 Å². The average molecular weight is 318 g/mol. The predicted molar refractivity (Wildman–Crippen MR) is 69.7 cm³/mol. The summed E-state index contributed by atoms with van der Waals surface area (Å²) in [5, 5.41) is 21.5. The number of rotatable bonds is 5. The van der Waals surface area contributed by atoms with Gasteiger partial charge in [0.15, 0.2) is 11.5 Å². The highest BCUT2D eigenvalue weighted by Gasteiger charge is 2.22. The fraction of sp³-hybridized carbons (Fsp3) is 0.500. The Hall–Kier alpha value is -0.820. The SMILES string of the molecule is CC(CO)(CO)NCc1cc2c(cc1Br)OCO2. The van der Waals surface area contributed by atoms with E-state index in [1.165, 1.54) is 0 Å². The zero-order valence-electron chi connectivity index (χ0n) is 10.1. The van der Waals surface area contributed by atoms with Crippen LogP contribution in [0.25, 0.3) is 0 Å². The van der Waals surface area contributed by atoms with Crippen molar-refractivity contribution in [3.05, 3.63) is 22.2 Å². The lowest BCUT2D eigenvalue weighted by Gasteiger charge is -2.26. The molecular formula is C12H16BrNO4. The summed E-state index contributed by atoms with van der Waals surface area (Å²) in [7, 11) is 0. The molecule has 0 spiro atoms. The van der Waals surface area contributed by atoms with Crippen LogP contribution in [0.2, 0.25) is 0 Å². The number of halogens is 1. The van der Waals surface area contributed by atoms with Crippen LogP contribution in [0.3, 0.4) is 0 Å². The van der Waals surface area contributed by atoms with Crippen molar-refractivity contribution in [2.75, 3.05) is 20.0 Å². The first-order chi connectivity index (χ1) is 8.58. The van der Waals surface area contributed by atoms with Gasteiger partial charge in [-0.15, -0.1) is 0 Å². The fourth-order valence-corrected chi connectivity index (χ4v) is 2.03. The molecule has 0 fully saturated rings. The van der Waals surface area contributed by atoms with Gasteiger partial charge in [-0.3, -0.25) is 0 Å². The summed E-state index contributed by atoms with van der Waals surface area (Å²) in [4.78, 5) is 0. The fourth-order valence-electron chi connectivity index (χ4n) is 1.57. The van der Waals surface area contributed by atoms with Gasteiger partial charge in [0.25, 0.3) is 0 Å². The van der Waals surface area contributed by atoms with Gasteiger partial charge in [0.05, 0.1) is 18.8 Å². The molecule has 0 aromatic heterocycles. The quantitative estimate of drug-likeness (QED) is 0.756. The van der Waals surface area contributed by atoms with Gasteiger partial charge in [0.1, 0.15) is 0 Å². The smallest absolute Gasteiger partial charge is 0.231 e. The molecule has 2 rings (SSSR count).